The molecule has 0 atom stereocenters. The molecular weight excluding hydrogens is 403 g/mol. The third kappa shape index (κ3) is 3.02. The van der Waals surface area contributed by atoms with Crippen molar-refractivity contribution in [3.05, 3.63) is 102 Å². The van der Waals surface area contributed by atoms with Gasteiger partial charge in [-0.15, -0.1) is 0 Å². The molecule has 1 aliphatic rings. The Balaban J connectivity index is 1.65. The molecule has 0 saturated carbocycles. The first-order valence-corrected chi connectivity index (χ1v) is 11.2. The van der Waals surface area contributed by atoms with Crippen molar-refractivity contribution in [3.63, 3.8) is 0 Å². The number of benzene rings is 4. The molecule has 0 fully saturated rings. The Morgan fingerprint density at radius 2 is 1.52 bits per heavy atom. The summed E-state index contributed by atoms with van der Waals surface area (Å²) in [5.74, 6) is 0.728. The molecule has 0 bridgehead atoms. The molecule has 0 aliphatic heterocycles. The molecule has 1 aromatic heterocycles. The van der Waals surface area contributed by atoms with Crippen molar-refractivity contribution in [2.75, 3.05) is 0 Å². The van der Waals surface area contributed by atoms with Gasteiger partial charge in [0, 0.05) is 21.9 Å². The van der Waals surface area contributed by atoms with Gasteiger partial charge >= 0.3 is 7.48 Å². The topological polar surface area (TPSA) is 46.0 Å². The molecule has 0 unspecified atom stereocenters. The first kappa shape index (κ1) is 19.9. The number of fused-ring (bicyclic) bond motifs is 4. The molecule has 33 heavy (non-hydrogen) atoms. The van der Waals surface area contributed by atoms with Crippen LogP contribution in [0.15, 0.2) is 91.0 Å². The maximum Gasteiger partial charge on any atom is 0.326 e. The van der Waals surface area contributed by atoms with E-state index in [0.717, 1.165) is 39.0 Å². The molecule has 1 N–H and O–H groups in total. The molecular formula is C29H22BN2O. The van der Waals surface area contributed by atoms with E-state index in [1.807, 2.05) is 36.4 Å². The molecule has 0 spiro atoms. The van der Waals surface area contributed by atoms with Crippen molar-refractivity contribution in [2.24, 2.45) is 0 Å². The van der Waals surface area contributed by atoms with E-state index in [2.05, 4.69) is 68.4 Å². The molecule has 1 aliphatic carbocycles. The van der Waals surface area contributed by atoms with Crippen LogP contribution in [0.1, 0.15) is 25.0 Å². The summed E-state index contributed by atoms with van der Waals surface area (Å²) in [6.45, 7) is 4.47. The number of rotatable bonds is 3. The van der Waals surface area contributed by atoms with E-state index in [-0.39, 0.29) is 5.41 Å². The van der Waals surface area contributed by atoms with Crippen LogP contribution in [0.5, 0.6) is 0 Å². The lowest BCUT2D eigenvalue weighted by Gasteiger charge is -2.22. The molecule has 3 nitrogen and oxygen atoms in total. The van der Waals surface area contributed by atoms with Crippen LogP contribution < -0.4 is 5.46 Å². The summed E-state index contributed by atoms with van der Waals surface area (Å²) in [6.07, 6.45) is 0. The fourth-order valence-electron chi connectivity index (χ4n) is 5.09. The fourth-order valence-corrected chi connectivity index (χ4v) is 5.09. The summed E-state index contributed by atoms with van der Waals surface area (Å²) in [4.78, 5) is 10.1. The van der Waals surface area contributed by atoms with Gasteiger partial charge in [0.05, 0.1) is 11.2 Å². The monoisotopic (exact) mass is 425 g/mol. The molecule has 4 aromatic carbocycles. The third-order valence-electron chi connectivity index (χ3n) is 6.76. The predicted molar refractivity (Wildman–Crippen MR) is 136 cm³/mol. The predicted octanol–water partition coefficient (Wildman–Crippen LogP) is 5.51. The number of hydrogen-bond donors (Lipinski definition) is 1. The Labute approximate surface area is 194 Å². The Kier molecular flexibility index (Phi) is 4.46. The van der Waals surface area contributed by atoms with Gasteiger partial charge in [0.2, 0.25) is 0 Å². The van der Waals surface area contributed by atoms with E-state index in [9.17, 15) is 5.02 Å². The van der Waals surface area contributed by atoms with Crippen molar-refractivity contribution in [1.82, 2.24) is 9.97 Å². The van der Waals surface area contributed by atoms with Gasteiger partial charge < -0.3 is 5.02 Å². The van der Waals surface area contributed by atoms with Crippen LogP contribution in [-0.4, -0.2) is 22.5 Å². The standard InChI is InChI=1S/C29H22BN2O/c1-29(2)23-13-8-12-22(26(23)20-16-15-19(30-33)17-24(20)29)28-31-25-14-7-6-11-21(25)27(32-28)18-9-4-3-5-10-18/h3-17,33H,1-2H3. The zero-order valence-electron chi connectivity index (χ0n) is 18.6. The maximum absolute atomic E-state index is 9.58. The van der Waals surface area contributed by atoms with Gasteiger partial charge in [-0.05, 0) is 28.3 Å². The molecule has 5 aromatic rings. The highest BCUT2D eigenvalue weighted by Crippen LogP contribution is 2.51. The highest BCUT2D eigenvalue weighted by molar-refractivity contribution is 6.45. The summed E-state index contributed by atoms with van der Waals surface area (Å²) in [5.41, 5.74) is 9.42. The van der Waals surface area contributed by atoms with Gasteiger partial charge in [0.1, 0.15) is 0 Å². The van der Waals surface area contributed by atoms with Crippen molar-refractivity contribution >= 4 is 23.8 Å². The average Bonchev–Trinajstić information content (AvgIpc) is 3.10. The lowest BCUT2D eigenvalue weighted by atomic mass is 9.79. The van der Waals surface area contributed by atoms with E-state index in [0.29, 0.717) is 0 Å². The fraction of sp³-hybridized carbons (Fsp3) is 0.103. The number of nitrogens with zero attached hydrogens (tertiary/aromatic N) is 2. The van der Waals surface area contributed by atoms with Crippen molar-refractivity contribution in [2.45, 2.75) is 19.3 Å². The summed E-state index contributed by atoms with van der Waals surface area (Å²) in [6, 6.07) is 31.0. The van der Waals surface area contributed by atoms with Crippen molar-refractivity contribution in [1.29, 1.82) is 0 Å². The minimum atomic E-state index is -0.182. The second-order valence-electron chi connectivity index (χ2n) is 9.07. The zero-order chi connectivity index (χ0) is 22.6. The van der Waals surface area contributed by atoms with Crippen LogP contribution in [0.2, 0.25) is 0 Å². The Morgan fingerprint density at radius 3 is 2.33 bits per heavy atom. The van der Waals surface area contributed by atoms with Crippen LogP contribution in [0.3, 0.4) is 0 Å². The summed E-state index contributed by atoms with van der Waals surface area (Å²) in [7, 11) is 1.17. The second kappa shape index (κ2) is 7.40. The molecule has 1 radical (unpaired) electrons. The lowest BCUT2D eigenvalue weighted by Crippen LogP contribution is -2.20. The van der Waals surface area contributed by atoms with E-state index < -0.39 is 0 Å². The first-order chi connectivity index (χ1) is 16.1. The van der Waals surface area contributed by atoms with Crippen LogP contribution in [0.4, 0.5) is 0 Å². The van der Waals surface area contributed by atoms with Crippen molar-refractivity contribution in [3.8, 4) is 33.8 Å². The van der Waals surface area contributed by atoms with E-state index in [1.54, 1.807) is 0 Å². The molecule has 0 saturated heterocycles. The SMILES string of the molecule is CC1(C)c2cc([B]O)ccc2-c2c(-c3nc(-c4ccccc4)c4ccccc4n3)cccc21. The van der Waals surface area contributed by atoms with Crippen molar-refractivity contribution < 1.29 is 5.02 Å². The minimum Gasteiger partial charge on any atom is -0.450 e. The average molecular weight is 425 g/mol. The molecule has 1 heterocycles. The van der Waals surface area contributed by atoms with E-state index >= 15 is 0 Å². The van der Waals surface area contributed by atoms with Gasteiger partial charge in [-0.25, -0.2) is 9.97 Å². The third-order valence-corrected chi connectivity index (χ3v) is 6.76. The maximum atomic E-state index is 9.58. The molecule has 6 rings (SSSR count). The van der Waals surface area contributed by atoms with Crippen LogP contribution in [-0.2, 0) is 5.41 Å². The largest absolute Gasteiger partial charge is 0.450 e. The number of aromatic nitrogens is 2. The second-order valence-corrected chi connectivity index (χ2v) is 9.07. The number of para-hydroxylation sites is 1. The van der Waals surface area contributed by atoms with Gasteiger partial charge in [-0.2, -0.15) is 0 Å². The quantitative estimate of drug-likeness (QED) is 0.388. The summed E-state index contributed by atoms with van der Waals surface area (Å²) >= 11 is 0. The van der Waals surface area contributed by atoms with Crippen LogP contribution in [0, 0.1) is 0 Å². The minimum absolute atomic E-state index is 0.182. The molecule has 157 valence electrons. The zero-order valence-corrected chi connectivity index (χ0v) is 18.6. The first-order valence-electron chi connectivity index (χ1n) is 11.2. The highest BCUT2D eigenvalue weighted by Gasteiger charge is 2.37. The van der Waals surface area contributed by atoms with Crippen LogP contribution >= 0.6 is 0 Å². The van der Waals surface area contributed by atoms with Gasteiger partial charge in [0.15, 0.2) is 5.82 Å². The number of hydrogen-bond acceptors (Lipinski definition) is 3. The summed E-state index contributed by atoms with van der Waals surface area (Å²) in [5, 5.41) is 10.6. The molecule has 4 heteroatoms. The Hall–Kier alpha value is -3.76. The Bertz CT molecular complexity index is 1530. The molecule has 0 amide bonds. The highest BCUT2D eigenvalue weighted by atomic mass is 16.2. The Morgan fingerprint density at radius 1 is 0.727 bits per heavy atom. The van der Waals surface area contributed by atoms with E-state index in [1.165, 1.54) is 29.7 Å². The van der Waals surface area contributed by atoms with Crippen LogP contribution in [0.25, 0.3) is 44.7 Å². The lowest BCUT2D eigenvalue weighted by molar-refractivity contribution is 0.615. The van der Waals surface area contributed by atoms with Gasteiger partial charge in [0.25, 0.3) is 0 Å². The van der Waals surface area contributed by atoms with Gasteiger partial charge in [-0.3, -0.25) is 0 Å². The normalized spacial score (nSPS) is 13.5. The summed E-state index contributed by atoms with van der Waals surface area (Å²) < 4.78 is 0. The van der Waals surface area contributed by atoms with Gasteiger partial charge in [-0.1, -0.05) is 104 Å². The van der Waals surface area contributed by atoms with E-state index in [4.69, 9.17) is 9.97 Å². The smallest absolute Gasteiger partial charge is 0.326 e.